The van der Waals surface area contributed by atoms with E-state index in [2.05, 4.69) is 0 Å². The summed E-state index contributed by atoms with van der Waals surface area (Å²) in [4.78, 5) is 23.0. The van der Waals surface area contributed by atoms with Gasteiger partial charge in [-0.1, -0.05) is 13.3 Å². The number of ether oxygens (including phenoxy) is 2. The number of unbranched alkanes of at least 4 members (excludes halogenated alkanes) is 1. The summed E-state index contributed by atoms with van der Waals surface area (Å²) >= 11 is 0. The molecule has 1 aliphatic carbocycles. The van der Waals surface area contributed by atoms with Gasteiger partial charge in [-0.25, -0.2) is 4.79 Å². The van der Waals surface area contributed by atoms with Gasteiger partial charge in [-0.15, -0.1) is 0 Å². The van der Waals surface area contributed by atoms with Crippen molar-refractivity contribution < 1.29 is 19.1 Å². The number of Topliss-reactive ketones (excluding diaryl/α,β-unsaturated/α-hetero) is 1. The van der Waals surface area contributed by atoms with Crippen LogP contribution in [0.2, 0.25) is 0 Å². The number of carbonyl (C=O) groups is 2. The first-order chi connectivity index (χ1) is 7.64. The number of ketones is 1. The van der Waals surface area contributed by atoms with Gasteiger partial charge in [0.1, 0.15) is 5.78 Å². The van der Waals surface area contributed by atoms with Crippen LogP contribution < -0.4 is 0 Å². The fourth-order valence-electron chi connectivity index (χ4n) is 1.86. The van der Waals surface area contributed by atoms with E-state index in [0.29, 0.717) is 32.3 Å². The third-order valence-corrected chi connectivity index (χ3v) is 3.11. The van der Waals surface area contributed by atoms with Gasteiger partial charge in [0.15, 0.2) is 5.60 Å². The zero-order chi connectivity index (χ0) is 12.0. The fourth-order valence-corrected chi connectivity index (χ4v) is 1.86. The van der Waals surface area contributed by atoms with Crippen molar-refractivity contribution in [3.8, 4) is 0 Å². The summed E-state index contributed by atoms with van der Waals surface area (Å²) in [5, 5.41) is 0. The van der Waals surface area contributed by atoms with Gasteiger partial charge in [0.25, 0.3) is 0 Å². The molecular weight excluding hydrogens is 208 g/mol. The molecule has 0 aromatic heterocycles. The quantitative estimate of drug-likeness (QED) is 0.532. The number of carbonyl (C=O) groups excluding carboxylic acids is 2. The van der Waals surface area contributed by atoms with Gasteiger partial charge in [0.2, 0.25) is 0 Å². The highest BCUT2D eigenvalue weighted by Gasteiger charge is 2.43. The molecule has 4 heteroatoms. The summed E-state index contributed by atoms with van der Waals surface area (Å²) in [5.74, 6) is -0.106. The van der Waals surface area contributed by atoms with E-state index >= 15 is 0 Å². The lowest BCUT2D eigenvalue weighted by molar-refractivity contribution is -0.173. The number of methoxy groups -OCH3 is 1. The fraction of sp³-hybridized carbons (Fsp3) is 0.833. The Morgan fingerprint density at radius 2 is 2.00 bits per heavy atom. The molecule has 0 bridgehead atoms. The lowest BCUT2D eigenvalue weighted by atomic mass is 9.84. The number of hydrogen-bond acceptors (Lipinski definition) is 4. The van der Waals surface area contributed by atoms with E-state index in [1.165, 1.54) is 7.11 Å². The number of esters is 1. The van der Waals surface area contributed by atoms with Crippen molar-refractivity contribution in [2.45, 2.75) is 51.0 Å². The van der Waals surface area contributed by atoms with Gasteiger partial charge in [-0.2, -0.15) is 0 Å². The van der Waals surface area contributed by atoms with Crippen molar-refractivity contribution in [1.82, 2.24) is 0 Å². The standard InChI is InChI=1S/C12H20O4/c1-3-4-9-16-11(14)12(15-2)7-5-10(13)6-8-12/h3-9H2,1-2H3. The molecule has 1 rings (SSSR count). The van der Waals surface area contributed by atoms with Crippen LogP contribution in [0.1, 0.15) is 45.4 Å². The SMILES string of the molecule is CCCCOC(=O)C1(OC)CCC(=O)CC1. The van der Waals surface area contributed by atoms with Crippen LogP contribution in [-0.2, 0) is 19.1 Å². The molecule has 4 nitrogen and oxygen atoms in total. The number of hydrogen-bond donors (Lipinski definition) is 0. The first-order valence-electron chi connectivity index (χ1n) is 5.88. The van der Waals surface area contributed by atoms with Gasteiger partial charge in [-0.3, -0.25) is 4.79 Å². The molecule has 0 aromatic rings. The summed E-state index contributed by atoms with van der Waals surface area (Å²) in [6.45, 7) is 2.48. The van der Waals surface area contributed by atoms with Crippen LogP contribution in [-0.4, -0.2) is 31.1 Å². The smallest absolute Gasteiger partial charge is 0.338 e. The molecule has 0 spiro atoms. The molecule has 92 valence electrons. The minimum atomic E-state index is -0.873. The Morgan fingerprint density at radius 3 is 2.50 bits per heavy atom. The predicted octanol–water partition coefficient (Wildman–Crippen LogP) is 1.86. The summed E-state index contributed by atoms with van der Waals surface area (Å²) in [7, 11) is 1.51. The Balaban J connectivity index is 2.51. The Bertz CT molecular complexity index is 250. The first kappa shape index (κ1) is 13.2. The predicted molar refractivity (Wildman–Crippen MR) is 59.1 cm³/mol. The van der Waals surface area contributed by atoms with E-state index in [1.54, 1.807) is 0 Å². The normalized spacial score (nSPS) is 19.5. The van der Waals surface area contributed by atoms with Gasteiger partial charge in [0, 0.05) is 20.0 Å². The molecule has 0 N–H and O–H groups in total. The van der Waals surface area contributed by atoms with Gasteiger partial charge in [0.05, 0.1) is 6.61 Å². The summed E-state index contributed by atoms with van der Waals surface area (Å²) < 4.78 is 10.5. The third-order valence-electron chi connectivity index (χ3n) is 3.11. The lowest BCUT2D eigenvalue weighted by Gasteiger charge is -2.32. The van der Waals surface area contributed by atoms with E-state index in [-0.39, 0.29) is 11.8 Å². The Kier molecular flexibility index (Phi) is 4.93. The second kappa shape index (κ2) is 5.99. The average Bonchev–Trinajstić information content (AvgIpc) is 2.31. The van der Waals surface area contributed by atoms with Gasteiger partial charge < -0.3 is 9.47 Å². The highest BCUT2D eigenvalue weighted by Crippen LogP contribution is 2.30. The van der Waals surface area contributed by atoms with E-state index in [4.69, 9.17) is 9.47 Å². The van der Waals surface area contributed by atoms with E-state index in [1.807, 2.05) is 6.92 Å². The Morgan fingerprint density at radius 1 is 1.38 bits per heavy atom. The monoisotopic (exact) mass is 228 g/mol. The molecule has 16 heavy (non-hydrogen) atoms. The minimum Gasteiger partial charge on any atom is -0.464 e. The van der Waals surface area contributed by atoms with E-state index in [9.17, 15) is 9.59 Å². The summed E-state index contributed by atoms with van der Waals surface area (Å²) in [6, 6.07) is 0. The van der Waals surface area contributed by atoms with Crippen LogP contribution in [0.3, 0.4) is 0 Å². The van der Waals surface area contributed by atoms with Crippen LogP contribution in [0.4, 0.5) is 0 Å². The first-order valence-corrected chi connectivity index (χ1v) is 5.88. The molecular formula is C12H20O4. The second-order valence-corrected chi connectivity index (χ2v) is 4.23. The van der Waals surface area contributed by atoms with Crippen molar-refractivity contribution >= 4 is 11.8 Å². The second-order valence-electron chi connectivity index (χ2n) is 4.23. The third kappa shape index (κ3) is 3.04. The molecule has 0 aromatic carbocycles. The van der Waals surface area contributed by atoms with Crippen molar-refractivity contribution in [2.24, 2.45) is 0 Å². The molecule has 0 unspecified atom stereocenters. The lowest BCUT2D eigenvalue weighted by Crippen LogP contribution is -2.45. The van der Waals surface area contributed by atoms with Crippen LogP contribution >= 0.6 is 0 Å². The molecule has 0 amide bonds. The van der Waals surface area contributed by atoms with Crippen molar-refractivity contribution in [2.75, 3.05) is 13.7 Å². The molecule has 0 atom stereocenters. The average molecular weight is 228 g/mol. The molecule has 0 saturated heterocycles. The van der Waals surface area contributed by atoms with Gasteiger partial charge in [-0.05, 0) is 19.3 Å². The molecule has 0 radical (unpaired) electrons. The van der Waals surface area contributed by atoms with E-state index < -0.39 is 5.60 Å². The molecule has 0 heterocycles. The van der Waals surface area contributed by atoms with Crippen molar-refractivity contribution in [3.05, 3.63) is 0 Å². The van der Waals surface area contributed by atoms with Crippen LogP contribution in [0.15, 0.2) is 0 Å². The molecule has 1 saturated carbocycles. The van der Waals surface area contributed by atoms with Crippen LogP contribution in [0.25, 0.3) is 0 Å². The zero-order valence-corrected chi connectivity index (χ0v) is 10.1. The highest BCUT2D eigenvalue weighted by atomic mass is 16.6. The minimum absolute atomic E-state index is 0.203. The van der Waals surface area contributed by atoms with E-state index in [0.717, 1.165) is 12.8 Å². The molecule has 1 fully saturated rings. The Labute approximate surface area is 96.3 Å². The number of rotatable bonds is 5. The summed E-state index contributed by atoms with van der Waals surface area (Å²) in [5.41, 5.74) is -0.873. The Hall–Kier alpha value is -0.900. The maximum absolute atomic E-state index is 11.9. The molecule has 0 aliphatic heterocycles. The van der Waals surface area contributed by atoms with Crippen molar-refractivity contribution in [3.63, 3.8) is 0 Å². The largest absolute Gasteiger partial charge is 0.464 e. The highest BCUT2D eigenvalue weighted by molar-refractivity contribution is 5.86. The maximum atomic E-state index is 11.9. The van der Waals surface area contributed by atoms with Crippen LogP contribution in [0.5, 0.6) is 0 Å². The zero-order valence-electron chi connectivity index (χ0n) is 10.1. The maximum Gasteiger partial charge on any atom is 0.338 e. The van der Waals surface area contributed by atoms with Crippen molar-refractivity contribution in [1.29, 1.82) is 0 Å². The molecule has 1 aliphatic rings. The van der Waals surface area contributed by atoms with Gasteiger partial charge >= 0.3 is 5.97 Å². The van der Waals surface area contributed by atoms with Crippen LogP contribution in [0, 0.1) is 0 Å². The topological polar surface area (TPSA) is 52.6 Å². The summed E-state index contributed by atoms with van der Waals surface area (Å²) in [6.07, 6.45) is 3.59.